The van der Waals surface area contributed by atoms with Crippen LogP contribution in [0.2, 0.25) is 0 Å². The van der Waals surface area contributed by atoms with Gasteiger partial charge in [-0.1, -0.05) is 18.9 Å². The summed E-state index contributed by atoms with van der Waals surface area (Å²) < 4.78 is 18.4. The van der Waals surface area contributed by atoms with Crippen LogP contribution in [0.25, 0.3) is 0 Å². The number of nitrogens with zero attached hydrogens (tertiary/aromatic N) is 2. The van der Waals surface area contributed by atoms with Crippen molar-refractivity contribution in [2.45, 2.75) is 31.7 Å². The average molecular weight is 440 g/mol. The molecule has 4 rings (SSSR count). The quantitative estimate of drug-likeness (QED) is 0.744. The zero-order chi connectivity index (χ0) is 22.5. The fraction of sp³-hybridized carbons (Fsp3) is 0.440. The van der Waals surface area contributed by atoms with Crippen molar-refractivity contribution < 1.29 is 18.7 Å². The van der Waals surface area contributed by atoms with E-state index in [0.717, 1.165) is 31.4 Å². The van der Waals surface area contributed by atoms with Gasteiger partial charge in [-0.15, -0.1) is 0 Å². The van der Waals surface area contributed by atoms with Crippen molar-refractivity contribution in [3.8, 4) is 5.75 Å². The molecule has 2 aliphatic rings. The van der Waals surface area contributed by atoms with E-state index >= 15 is 0 Å². The van der Waals surface area contributed by atoms with Crippen molar-refractivity contribution in [3.63, 3.8) is 0 Å². The predicted molar refractivity (Wildman–Crippen MR) is 121 cm³/mol. The zero-order valence-corrected chi connectivity index (χ0v) is 18.4. The number of carbonyl (C=O) groups is 2. The molecule has 0 bridgehead atoms. The van der Waals surface area contributed by atoms with Crippen molar-refractivity contribution >= 4 is 17.5 Å². The third-order valence-electron chi connectivity index (χ3n) is 6.54. The summed E-state index contributed by atoms with van der Waals surface area (Å²) in [5.74, 6) is 0.576. The van der Waals surface area contributed by atoms with Gasteiger partial charge >= 0.3 is 0 Å². The van der Waals surface area contributed by atoms with Gasteiger partial charge < -0.3 is 15.0 Å². The molecule has 2 aromatic rings. The number of nitrogens with one attached hydrogen (secondary N) is 1. The van der Waals surface area contributed by atoms with E-state index < -0.39 is 0 Å². The molecular formula is C25H30FN3O3. The van der Waals surface area contributed by atoms with Gasteiger partial charge in [-0.05, 0) is 55.2 Å². The van der Waals surface area contributed by atoms with Crippen LogP contribution in [-0.4, -0.2) is 60.9 Å². The maximum atomic E-state index is 13.4. The first-order chi connectivity index (χ1) is 15.5. The summed E-state index contributed by atoms with van der Waals surface area (Å²) in [6.45, 7) is 2.37. The number of anilines is 1. The van der Waals surface area contributed by atoms with E-state index in [2.05, 4.69) is 10.2 Å². The summed E-state index contributed by atoms with van der Waals surface area (Å²) in [4.78, 5) is 30.1. The number of halogens is 1. The van der Waals surface area contributed by atoms with Crippen molar-refractivity contribution in [1.82, 2.24) is 9.80 Å². The van der Waals surface area contributed by atoms with Gasteiger partial charge in [0.1, 0.15) is 11.6 Å². The number of benzene rings is 2. The van der Waals surface area contributed by atoms with Crippen LogP contribution in [0, 0.1) is 11.7 Å². The Balaban J connectivity index is 1.43. The second-order valence-electron chi connectivity index (χ2n) is 8.55. The molecule has 1 saturated carbocycles. The summed E-state index contributed by atoms with van der Waals surface area (Å²) in [5.41, 5.74) is 1.21. The molecule has 6 nitrogen and oxygen atoms in total. The van der Waals surface area contributed by atoms with E-state index in [9.17, 15) is 14.0 Å². The summed E-state index contributed by atoms with van der Waals surface area (Å²) in [6, 6.07) is 12.8. The fourth-order valence-electron chi connectivity index (χ4n) is 4.85. The molecule has 1 atom stereocenters. The van der Waals surface area contributed by atoms with Crippen molar-refractivity contribution in [1.29, 1.82) is 0 Å². The molecule has 1 heterocycles. The van der Waals surface area contributed by atoms with Crippen LogP contribution in [-0.2, 0) is 4.79 Å². The van der Waals surface area contributed by atoms with Crippen LogP contribution in [0.5, 0.6) is 5.75 Å². The molecule has 1 saturated heterocycles. The third kappa shape index (κ3) is 5.10. The first-order valence-electron chi connectivity index (χ1n) is 11.3. The number of amides is 2. The fourth-order valence-corrected chi connectivity index (χ4v) is 4.85. The maximum absolute atomic E-state index is 13.4. The van der Waals surface area contributed by atoms with Crippen molar-refractivity contribution in [2.24, 2.45) is 5.92 Å². The maximum Gasteiger partial charge on any atom is 0.253 e. The molecule has 2 aromatic carbocycles. The molecule has 170 valence electrons. The van der Waals surface area contributed by atoms with Crippen LogP contribution in [0.1, 0.15) is 36.0 Å². The van der Waals surface area contributed by atoms with E-state index in [-0.39, 0.29) is 23.7 Å². The van der Waals surface area contributed by atoms with Crippen LogP contribution >= 0.6 is 0 Å². The lowest BCUT2D eigenvalue weighted by Gasteiger charge is -2.40. The Bertz CT molecular complexity index is 936. The van der Waals surface area contributed by atoms with E-state index in [1.54, 1.807) is 12.0 Å². The minimum atomic E-state index is -0.354. The van der Waals surface area contributed by atoms with Gasteiger partial charge in [0.2, 0.25) is 5.91 Å². The van der Waals surface area contributed by atoms with Crippen LogP contribution < -0.4 is 10.1 Å². The number of hydrogen-bond acceptors (Lipinski definition) is 4. The van der Waals surface area contributed by atoms with Gasteiger partial charge in [-0.25, -0.2) is 4.39 Å². The smallest absolute Gasteiger partial charge is 0.253 e. The Morgan fingerprint density at radius 2 is 1.72 bits per heavy atom. The van der Waals surface area contributed by atoms with Gasteiger partial charge in [0.15, 0.2) is 0 Å². The topological polar surface area (TPSA) is 61.9 Å². The van der Waals surface area contributed by atoms with Crippen LogP contribution in [0.3, 0.4) is 0 Å². The average Bonchev–Trinajstić information content (AvgIpc) is 3.34. The third-order valence-corrected chi connectivity index (χ3v) is 6.54. The molecule has 1 aliphatic carbocycles. The first-order valence-corrected chi connectivity index (χ1v) is 11.3. The number of piperazine rings is 1. The van der Waals surface area contributed by atoms with Crippen LogP contribution in [0.4, 0.5) is 10.1 Å². The highest BCUT2D eigenvalue weighted by Gasteiger charge is 2.37. The van der Waals surface area contributed by atoms with Crippen LogP contribution in [0.15, 0.2) is 48.5 Å². The summed E-state index contributed by atoms with van der Waals surface area (Å²) in [7, 11) is 1.61. The molecule has 0 aromatic heterocycles. The van der Waals surface area contributed by atoms with Gasteiger partial charge in [0.25, 0.3) is 5.91 Å². The minimum absolute atomic E-state index is 0.00321. The lowest BCUT2D eigenvalue weighted by molar-refractivity contribution is -0.123. The second kappa shape index (κ2) is 10.1. The Hall–Kier alpha value is -2.93. The highest BCUT2D eigenvalue weighted by molar-refractivity contribution is 5.96. The summed E-state index contributed by atoms with van der Waals surface area (Å²) in [5, 5.41) is 3.08. The molecule has 1 N–H and O–H groups in total. The number of carbonyl (C=O) groups excluding carboxylic acids is 2. The molecule has 2 amide bonds. The van der Waals surface area contributed by atoms with Gasteiger partial charge in [-0.2, -0.15) is 0 Å². The molecule has 32 heavy (non-hydrogen) atoms. The van der Waals surface area contributed by atoms with Gasteiger partial charge in [0.05, 0.1) is 13.2 Å². The largest absolute Gasteiger partial charge is 0.497 e. The van der Waals surface area contributed by atoms with E-state index in [1.807, 2.05) is 24.3 Å². The monoisotopic (exact) mass is 439 g/mol. The highest BCUT2D eigenvalue weighted by Crippen LogP contribution is 2.32. The number of ether oxygens (including phenoxy) is 1. The lowest BCUT2D eigenvalue weighted by Crippen LogP contribution is -2.56. The van der Waals surface area contributed by atoms with E-state index in [1.165, 1.54) is 24.3 Å². The van der Waals surface area contributed by atoms with Crippen molar-refractivity contribution in [2.75, 3.05) is 38.6 Å². The Morgan fingerprint density at radius 1 is 1.03 bits per heavy atom. The molecule has 7 heteroatoms. The number of methoxy groups -OCH3 is 1. The molecule has 1 aliphatic heterocycles. The molecule has 0 radical (unpaired) electrons. The number of hydrogen-bond donors (Lipinski definition) is 1. The Labute approximate surface area is 188 Å². The predicted octanol–water partition coefficient (Wildman–Crippen LogP) is 3.79. The molecule has 2 fully saturated rings. The SMILES string of the molecule is COc1cccc(NC(=O)C(C2CCCC2)N2CCN(C(=O)c3ccc(F)cc3)CC2)c1. The zero-order valence-electron chi connectivity index (χ0n) is 18.4. The minimum Gasteiger partial charge on any atom is -0.497 e. The Kier molecular flexibility index (Phi) is 7.05. The van der Waals surface area contributed by atoms with Gasteiger partial charge in [0, 0.05) is 43.5 Å². The second-order valence-corrected chi connectivity index (χ2v) is 8.55. The van der Waals surface area contributed by atoms with E-state index in [4.69, 9.17) is 4.74 Å². The molecule has 0 spiro atoms. The normalized spacial score (nSPS) is 18.4. The highest BCUT2D eigenvalue weighted by atomic mass is 19.1. The molecule has 1 unspecified atom stereocenters. The summed E-state index contributed by atoms with van der Waals surface area (Å²) >= 11 is 0. The van der Waals surface area contributed by atoms with E-state index in [0.29, 0.717) is 43.4 Å². The van der Waals surface area contributed by atoms with Gasteiger partial charge in [-0.3, -0.25) is 14.5 Å². The Morgan fingerprint density at radius 3 is 2.38 bits per heavy atom. The molecular weight excluding hydrogens is 409 g/mol. The summed E-state index contributed by atoms with van der Waals surface area (Å²) in [6.07, 6.45) is 4.39. The number of rotatable bonds is 6. The standard InChI is InChI=1S/C25H30FN3O3/c1-32-22-8-4-7-21(17-22)27-24(30)23(18-5-2-3-6-18)28-13-15-29(16-14-28)25(31)19-9-11-20(26)12-10-19/h4,7-12,17-18,23H,2-3,5-6,13-16H2,1H3,(H,27,30). The van der Waals surface area contributed by atoms with Crippen molar-refractivity contribution in [3.05, 3.63) is 59.9 Å². The first kappa shape index (κ1) is 22.3. The lowest BCUT2D eigenvalue weighted by atomic mass is 9.94.